The van der Waals surface area contributed by atoms with Gasteiger partial charge in [-0.25, -0.2) is 0 Å². The summed E-state index contributed by atoms with van der Waals surface area (Å²) in [5.74, 6) is 0.154. The lowest BCUT2D eigenvalue weighted by Gasteiger charge is -2.39. The van der Waals surface area contributed by atoms with E-state index in [0.29, 0.717) is 6.54 Å². The van der Waals surface area contributed by atoms with E-state index < -0.39 is 0 Å². The molecule has 2 aliphatic heterocycles. The van der Waals surface area contributed by atoms with Gasteiger partial charge in [0, 0.05) is 32.2 Å². The Bertz CT molecular complexity index is 285. The van der Waals surface area contributed by atoms with E-state index in [-0.39, 0.29) is 24.2 Å². The maximum Gasteiger partial charge on any atom is 0.252 e. The largest absolute Gasteiger partial charge is 0.364 e. The number of rotatable bonds is 2. The van der Waals surface area contributed by atoms with E-state index in [1.807, 2.05) is 4.90 Å². The quantitative estimate of drug-likeness (QED) is 0.718. The van der Waals surface area contributed by atoms with Crippen LogP contribution in [0.4, 0.5) is 0 Å². The van der Waals surface area contributed by atoms with Gasteiger partial charge in [0.15, 0.2) is 0 Å². The van der Waals surface area contributed by atoms with Crippen LogP contribution in [0.1, 0.15) is 19.8 Å². The Labute approximate surface area is 103 Å². The van der Waals surface area contributed by atoms with E-state index in [0.717, 1.165) is 32.5 Å². The van der Waals surface area contributed by atoms with Gasteiger partial charge in [-0.3, -0.25) is 4.79 Å². The van der Waals surface area contributed by atoms with Crippen molar-refractivity contribution in [1.82, 2.24) is 9.80 Å². The molecule has 0 aliphatic carbocycles. The molecule has 98 valence electrons. The first-order valence-corrected chi connectivity index (χ1v) is 6.46. The van der Waals surface area contributed by atoms with Crippen molar-refractivity contribution in [3.63, 3.8) is 0 Å². The summed E-state index contributed by atoms with van der Waals surface area (Å²) in [5, 5.41) is 0. The number of hydrogen-bond donors (Lipinski definition) is 1. The second-order valence-corrected chi connectivity index (χ2v) is 5.20. The Morgan fingerprint density at radius 2 is 2.18 bits per heavy atom. The highest BCUT2D eigenvalue weighted by atomic mass is 16.5. The number of carbonyl (C=O) groups is 1. The fourth-order valence-electron chi connectivity index (χ4n) is 2.71. The zero-order chi connectivity index (χ0) is 12.4. The number of ether oxygens (including phenoxy) is 1. The molecule has 1 amide bonds. The standard InChI is InChI=1S/C12H23N3O2/c1-9-8-14(2)5-6-15(9)12(16)11-4-3-10(7-13)17-11/h9-11H,3-8,13H2,1-2H3. The molecule has 3 atom stereocenters. The second-order valence-electron chi connectivity index (χ2n) is 5.20. The van der Waals surface area contributed by atoms with Gasteiger partial charge in [-0.15, -0.1) is 0 Å². The molecule has 2 aliphatic rings. The summed E-state index contributed by atoms with van der Waals surface area (Å²) >= 11 is 0. The minimum absolute atomic E-state index is 0.0757. The van der Waals surface area contributed by atoms with Gasteiger partial charge in [-0.05, 0) is 26.8 Å². The van der Waals surface area contributed by atoms with Gasteiger partial charge in [0.1, 0.15) is 6.10 Å². The number of piperazine rings is 1. The summed E-state index contributed by atoms with van der Waals surface area (Å²) in [7, 11) is 2.09. The van der Waals surface area contributed by atoms with E-state index in [2.05, 4.69) is 18.9 Å². The van der Waals surface area contributed by atoms with Crippen molar-refractivity contribution in [3.05, 3.63) is 0 Å². The van der Waals surface area contributed by atoms with Crippen molar-refractivity contribution in [3.8, 4) is 0 Å². The molecule has 3 unspecified atom stereocenters. The minimum atomic E-state index is -0.255. The Morgan fingerprint density at radius 1 is 1.41 bits per heavy atom. The third-order valence-electron chi connectivity index (χ3n) is 3.76. The molecule has 2 N–H and O–H groups in total. The molecule has 0 bridgehead atoms. The Kier molecular flexibility index (Phi) is 4.01. The first kappa shape index (κ1) is 12.8. The van der Waals surface area contributed by atoms with Crippen LogP contribution in [0.3, 0.4) is 0 Å². The SMILES string of the molecule is CC1CN(C)CCN1C(=O)C1CCC(CN)O1. The molecule has 0 aromatic heterocycles. The first-order valence-electron chi connectivity index (χ1n) is 6.46. The van der Waals surface area contributed by atoms with E-state index in [1.165, 1.54) is 0 Å². The summed E-state index contributed by atoms with van der Waals surface area (Å²) in [6.45, 7) is 5.32. The van der Waals surface area contributed by atoms with Crippen molar-refractivity contribution in [1.29, 1.82) is 0 Å². The maximum atomic E-state index is 12.3. The number of carbonyl (C=O) groups excluding carboxylic acids is 1. The van der Waals surface area contributed by atoms with Crippen LogP contribution in [0.5, 0.6) is 0 Å². The third kappa shape index (κ3) is 2.78. The number of likely N-dealkylation sites (N-methyl/N-ethyl adjacent to an activating group) is 1. The third-order valence-corrected chi connectivity index (χ3v) is 3.76. The maximum absolute atomic E-state index is 12.3. The van der Waals surface area contributed by atoms with E-state index >= 15 is 0 Å². The molecule has 2 saturated heterocycles. The Morgan fingerprint density at radius 3 is 2.76 bits per heavy atom. The second kappa shape index (κ2) is 5.33. The molecule has 5 heteroatoms. The lowest BCUT2D eigenvalue weighted by atomic mass is 10.1. The molecule has 0 aromatic carbocycles. The molecule has 2 heterocycles. The topological polar surface area (TPSA) is 58.8 Å². The average Bonchev–Trinajstić information content (AvgIpc) is 2.76. The van der Waals surface area contributed by atoms with Gasteiger partial charge in [0.05, 0.1) is 6.10 Å². The van der Waals surface area contributed by atoms with E-state index in [9.17, 15) is 4.79 Å². The predicted octanol–water partition coefficient (Wildman–Crippen LogP) is -0.345. The van der Waals surface area contributed by atoms with Crippen molar-refractivity contribution in [2.24, 2.45) is 5.73 Å². The van der Waals surface area contributed by atoms with Crippen LogP contribution in [-0.4, -0.2) is 67.2 Å². The normalized spacial score (nSPS) is 35.2. The molecule has 0 radical (unpaired) electrons. The smallest absolute Gasteiger partial charge is 0.252 e. The lowest BCUT2D eigenvalue weighted by molar-refractivity contribution is -0.147. The van der Waals surface area contributed by atoms with Crippen LogP contribution in [0.15, 0.2) is 0 Å². The number of hydrogen-bond acceptors (Lipinski definition) is 4. The monoisotopic (exact) mass is 241 g/mol. The highest BCUT2D eigenvalue weighted by molar-refractivity contribution is 5.81. The molecule has 0 aromatic rings. The first-order chi connectivity index (χ1) is 8.11. The van der Waals surface area contributed by atoms with Gasteiger partial charge < -0.3 is 20.3 Å². The van der Waals surface area contributed by atoms with Gasteiger partial charge in [-0.1, -0.05) is 0 Å². The molecule has 17 heavy (non-hydrogen) atoms. The van der Waals surface area contributed by atoms with Gasteiger partial charge in [0.25, 0.3) is 5.91 Å². The van der Waals surface area contributed by atoms with Crippen LogP contribution in [0.2, 0.25) is 0 Å². The van der Waals surface area contributed by atoms with Gasteiger partial charge in [-0.2, -0.15) is 0 Å². The average molecular weight is 241 g/mol. The zero-order valence-corrected chi connectivity index (χ0v) is 10.8. The van der Waals surface area contributed by atoms with Crippen molar-refractivity contribution in [2.45, 2.75) is 38.0 Å². The number of amides is 1. The number of nitrogens with two attached hydrogens (primary N) is 1. The van der Waals surface area contributed by atoms with Crippen LogP contribution < -0.4 is 5.73 Å². The highest BCUT2D eigenvalue weighted by Crippen LogP contribution is 2.22. The fourth-order valence-corrected chi connectivity index (χ4v) is 2.71. The molecule has 2 rings (SSSR count). The van der Waals surface area contributed by atoms with E-state index in [1.54, 1.807) is 0 Å². The summed E-state index contributed by atoms with van der Waals surface area (Å²) < 4.78 is 5.67. The van der Waals surface area contributed by atoms with Crippen molar-refractivity contribution in [2.75, 3.05) is 33.2 Å². The Hall–Kier alpha value is -0.650. The molecule has 0 saturated carbocycles. The molecular weight excluding hydrogens is 218 g/mol. The lowest BCUT2D eigenvalue weighted by Crippen LogP contribution is -2.55. The molecular formula is C12H23N3O2. The number of nitrogens with zero attached hydrogens (tertiary/aromatic N) is 2. The summed E-state index contributed by atoms with van der Waals surface area (Å²) in [5.41, 5.74) is 5.56. The zero-order valence-electron chi connectivity index (χ0n) is 10.8. The van der Waals surface area contributed by atoms with Crippen LogP contribution in [0.25, 0.3) is 0 Å². The summed E-state index contributed by atoms with van der Waals surface area (Å²) in [6, 6.07) is 0.279. The predicted molar refractivity (Wildman–Crippen MR) is 65.6 cm³/mol. The highest BCUT2D eigenvalue weighted by Gasteiger charge is 2.35. The van der Waals surface area contributed by atoms with E-state index in [4.69, 9.17) is 10.5 Å². The Balaban J connectivity index is 1.91. The van der Waals surface area contributed by atoms with Crippen molar-refractivity contribution < 1.29 is 9.53 Å². The summed E-state index contributed by atoms with van der Waals surface area (Å²) in [6.07, 6.45) is 1.55. The minimum Gasteiger partial charge on any atom is -0.364 e. The fraction of sp³-hybridized carbons (Fsp3) is 0.917. The van der Waals surface area contributed by atoms with Gasteiger partial charge in [0.2, 0.25) is 0 Å². The van der Waals surface area contributed by atoms with Crippen molar-refractivity contribution >= 4 is 5.91 Å². The van der Waals surface area contributed by atoms with Gasteiger partial charge >= 0.3 is 0 Å². The van der Waals surface area contributed by atoms with Crippen LogP contribution >= 0.6 is 0 Å². The molecule has 2 fully saturated rings. The van der Waals surface area contributed by atoms with Crippen LogP contribution in [0, 0.1) is 0 Å². The molecule has 5 nitrogen and oxygen atoms in total. The van der Waals surface area contributed by atoms with Crippen LogP contribution in [-0.2, 0) is 9.53 Å². The molecule has 0 spiro atoms. The summed E-state index contributed by atoms with van der Waals surface area (Å²) in [4.78, 5) is 16.5.